The number of alkyl halides is 1. The van der Waals surface area contributed by atoms with E-state index in [4.69, 9.17) is 0 Å². The predicted octanol–water partition coefficient (Wildman–Crippen LogP) is 2.58. The van der Waals surface area contributed by atoms with E-state index in [0.717, 1.165) is 6.54 Å². The quantitative estimate of drug-likeness (QED) is 0.913. The van der Waals surface area contributed by atoms with E-state index in [0.29, 0.717) is 29.9 Å². The summed E-state index contributed by atoms with van der Waals surface area (Å²) in [5.41, 5.74) is 1.74. The fourth-order valence-corrected chi connectivity index (χ4v) is 5.12. The van der Waals surface area contributed by atoms with Crippen LogP contribution in [0.15, 0.2) is 53.0 Å². The maximum Gasteiger partial charge on any atom is 0.204 e. The lowest BCUT2D eigenvalue weighted by atomic mass is 10.0. The molecule has 1 N–H and O–H groups in total. The second-order valence-electron chi connectivity index (χ2n) is 6.64. The average molecular weight is 361 g/mol. The molecule has 1 saturated heterocycles. The van der Waals surface area contributed by atoms with Gasteiger partial charge in [-0.15, -0.1) is 0 Å². The molecule has 0 spiro atoms. The van der Waals surface area contributed by atoms with Crippen molar-refractivity contribution in [1.82, 2.24) is 9.47 Å². The summed E-state index contributed by atoms with van der Waals surface area (Å²) in [5, 5.41) is 4.43. The van der Waals surface area contributed by atoms with Crippen molar-refractivity contribution in [3.8, 4) is 0 Å². The van der Waals surface area contributed by atoms with Gasteiger partial charge in [0.15, 0.2) is 0 Å². The van der Waals surface area contributed by atoms with Gasteiger partial charge in [-0.3, -0.25) is 0 Å². The number of benzene rings is 1. The number of aromatic nitrogens is 1. The Morgan fingerprint density at radius 3 is 2.68 bits per heavy atom. The normalized spacial score (nSPS) is 25.4. The third kappa shape index (κ3) is 2.87. The number of nitrogens with one attached hydrogen (secondary N) is 1. The first-order chi connectivity index (χ1) is 12.0. The molecule has 3 heterocycles. The Bertz CT molecular complexity index is 922. The fourth-order valence-electron chi connectivity index (χ4n) is 3.54. The minimum Gasteiger partial charge on any atom is -0.378 e. The largest absolute Gasteiger partial charge is 0.378 e. The zero-order valence-electron chi connectivity index (χ0n) is 13.9. The number of rotatable bonds is 3. The van der Waals surface area contributed by atoms with Crippen LogP contribution < -0.4 is 5.32 Å². The molecule has 5 nitrogen and oxygen atoms in total. The molecule has 132 valence electrons. The van der Waals surface area contributed by atoms with Crippen LogP contribution in [0.25, 0.3) is 5.70 Å². The van der Waals surface area contributed by atoms with Gasteiger partial charge in [-0.2, -0.15) is 0 Å². The number of hydrogen-bond acceptors (Lipinski definition) is 4. The second-order valence-corrected chi connectivity index (χ2v) is 8.37. The maximum atomic E-state index is 14.4. The molecule has 2 atom stereocenters. The zero-order chi connectivity index (χ0) is 17.6. The monoisotopic (exact) mass is 361 g/mol. The molecule has 1 aromatic carbocycles. The van der Waals surface area contributed by atoms with Gasteiger partial charge >= 0.3 is 0 Å². The molecule has 0 amide bonds. The van der Waals surface area contributed by atoms with Gasteiger partial charge in [0.05, 0.1) is 22.8 Å². The highest BCUT2D eigenvalue weighted by atomic mass is 32.2. The molecule has 4 rings (SSSR count). The summed E-state index contributed by atoms with van der Waals surface area (Å²) in [7, 11) is -1.68. The standard InChI is InChI=1S/C18H20FN3O2S/c1-21-10-7-15(14(19)11-21)20-16-6-4-5-13-17(22-8-2-3-9-22)12-25(23,24)18(13)16/h2-6,8-9,12,14-15,20H,7,10-11H2,1H3/t14-,15-/m1/s1. The zero-order valence-corrected chi connectivity index (χ0v) is 14.7. The molecule has 25 heavy (non-hydrogen) atoms. The lowest BCUT2D eigenvalue weighted by molar-refractivity contribution is 0.149. The number of piperidine rings is 1. The molecule has 7 heteroatoms. The van der Waals surface area contributed by atoms with Gasteiger partial charge in [0.25, 0.3) is 0 Å². The highest BCUT2D eigenvalue weighted by Gasteiger charge is 2.33. The number of hydrogen-bond donors (Lipinski definition) is 1. The third-order valence-electron chi connectivity index (χ3n) is 4.81. The average Bonchev–Trinajstić information content (AvgIpc) is 3.17. The summed E-state index contributed by atoms with van der Waals surface area (Å²) in [6.45, 7) is 1.14. The Balaban J connectivity index is 1.72. The van der Waals surface area contributed by atoms with Crippen LogP contribution in [0, 0.1) is 0 Å². The van der Waals surface area contributed by atoms with E-state index in [-0.39, 0.29) is 10.9 Å². The maximum absolute atomic E-state index is 14.4. The topological polar surface area (TPSA) is 54.3 Å². The van der Waals surface area contributed by atoms with Crippen molar-refractivity contribution in [2.24, 2.45) is 0 Å². The molecule has 2 aliphatic heterocycles. The van der Waals surface area contributed by atoms with Crippen LogP contribution in [0.5, 0.6) is 0 Å². The van der Waals surface area contributed by atoms with Gasteiger partial charge in [-0.25, -0.2) is 12.8 Å². The first kappa shape index (κ1) is 16.4. The summed E-state index contributed by atoms with van der Waals surface area (Å²) in [4.78, 5) is 2.19. The minimum atomic E-state index is -3.57. The summed E-state index contributed by atoms with van der Waals surface area (Å²) >= 11 is 0. The van der Waals surface area contributed by atoms with Crippen molar-refractivity contribution in [1.29, 1.82) is 0 Å². The van der Waals surface area contributed by atoms with Gasteiger partial charge in [-0.1, -0.05) is 12.1 Å². The van der Waals surface area contributed by atoms with Crippen LogP contribution >= 0.6 is 0 Å². The smallest absolute Gasteiger partial charge is 0.204 e. The predicted molar refractivity (Wildman–Crippen MR) is 95.9 cm³/mol. The Morgan fingerprint density at radius 1 is 1.20 bits per heavy atom. The summed E-state index contributed by atoms with van der Waals surface area (Å²) < 4.78 is 41.6. The Morgan fingerprint density at radius 2 is 1.96 bits per heavy atom. The van der Waals surface area contributed by atoms with Gasteiger partial charge in [0.2, 0.25) is 9.84 Å². The van der Waals surface area contributed by atoms with E-state index in [1.807, 2.05) is 42.5 Å². The van der Waals surface area contributed by atoms with Crippen LogP contribution in [0.2, 0.25) is 0 Å². The van der Waals surface area contributed by atoms with Crippen LogP contribution in [0.1, 0.15) is 12.0 Å². The molecule has 1 fully saturated rings. The Hall–Kier alpha value is -2.12. The van der Waals surface area contributed by atoms with Crippen molar-refractivity contribution in [2.45, 2.75) is 23.5 Å². The number of fused-ring (bicyclic) bond motifs is 1. The van der Waals surface area contributed by atoms with E-state index in [1.165, 1.54) is 5.41 Å². The fraction of sp³-hybridized carbons (Fsp3) is 0.333. The van der Waals surface area contributed by atoms with E-state index >= 15 is 0 Å². The number of nitrogens with zero attached hydrogens (tertiary/aromatic N) is 2. The molecular formula is C18H20FN3O2S. The minimum absolute atomic E-state index is 0.241. The lowest BCUT2D eigenvalue weighted by Crippen LogP contribution is -2.46. The molecule has 2 aliphatic rings. The van der Waals surface area contributed by atoms with Crippen LogP contribution in [-0.2, 0) is 9.84 Å². The van der Waals surface area contributed by atoms with Gasteiger partial charge in [-0.05, 0) is 31.7 Å². The van der Waals surface area contributed by atoms with Crippen LogP contribution in [0.4, 0.5) is 10.1 Å². The second kappa shape index (κ2) is 6.00. The van der Waals surface area contributed by atoms with E-state index in [1.54, 1.807) is 16.7 Å². The first-order valence-corrected chi connectivity index (χ1v) is 9.83. The number of halogens is 1. The van der Waals surface area contributed by atoms with Crippen molar-refractivity contribution in [3.05, 3.63) is 53.7 Å². The molecular weight excluding hydrogens is 341 g/mol. The summed E-state index contributed by atoms with van der Waals surface area (Å²) in [5.74, 6) is 0. The van der Waals surface area contributed by atoms with E-state index < -0.39 is 16.0 Å². The molecule has 2 aromatic rings. The number of anilines is 1. The van der Waals surface area contributed by atoms with Gasteiger partial charge < -0.3 is 14.8 Å². The summed E-state index contributed by atoms with van der Waals surface area (Å²) in [6.07, 6.45) is 3.23. The Labute approximate surface area is 146 Å². The molecule has 0 saturated carbocycles. The van der Waals surface area contributed by atoms with Gasteiger partial charge in [0, 0.05) is 31.0 Å². The molecule has 0 unspecified atom stereocenters. The highest BCUT2D eigenvalue weighted by molar-refractivity contribution is 7.95. The molecule has 0 radical (unpaired) electrons. The number of sulfone groups is 1. The SMILES string of the molecule is CN1CC[C@@H](Nc2cccc3c2S(=O)(=O)C=C3n2cccc2)[C@H](F)C1. The van der Waals surface area contributed by atoms with Crippen LogP contribution in [0.3, 0.4) is 0 Å². The van der Waals surface area contributed by atoms with Crippen molar-refractivity contribution in [3.63, 3.8) is 0 Å². The first-order valence-electron chi connectivity index (χ1n) is 8.28. The molecule has 1 aromatic heterocycles. The van der Waals surface area contributed by atoms with Crippen LogP contribution in [-0.4, -0.2) is 50.2 Å². The highest BCUT2D eigenvalue weighted by Crippen LogP contribution is 2.39. The number of likely N-dealkylation sites (tertiary alicyclic amines) is 1. The molecule has 0 bridgehead atoms. The Kier molecular flexibility index (Phi) is 3.92. The molecule has 0 aliphatic carbocycles. The van der Waals surface area contributed by atoms with E-state index in [2.05, 4.69) is 5.32 Å². The van der Waals surface area contributed by atoms with E-state index in [9.17, 15) is 12.8 Å². The summed E-state index contributed by atoms with van der Waals surface area (Å²) in [6, 6.07) is 8.63. The van der Waals surface area contributed by atoms with Crippen molar-refractivity contribution < 1.29 is 12.8 Å². The lowest BCUT2D eigenvalue weighted by Gasteiger charge is -2.33. The van der Waals surface area contributed by atoms with Crippen molar-refractivity contribution in [2.75, 3.05) is 25.5 Å². The van der Waals surface area contributed by atoms with Gasteiger partial charge in [0.1, 0.15) is 11.1 Å². The third-order valence-corrected chi connectivity index (χ3v) is 6.35. The van der Waals surface area contributed by atoms with Crippen molar-refractivity contribution >= 4 is 21.2 Å².